The highest BCUT2D eigenvalue weighted by Crippen LogP contribution is 2.36. The lowest BCUT2D eigenvalue weighted by Crippen LogP contribution is -2.40. The summed E-state index contributed by atoms with van der Waals surface area (Å²) >= 11 is 6.03. The molecule has 0 radical (unpaired) electrons. The van der Waals surface area contributed by atoms with E-state index < -0.39 is 0 Å². The molecule has 0 saturated carbocycles. The van der Waals surface area contributed by atoms with Crippen molar-refractivity contribution >= 4 is 34.7 Å². The van der Waals surface area contributed by atoms with Crippen LogP contribution >= 0.6 is 11.6 Å². The Morgan fingerprint density at radius 1 is 1.00 bits per heavy atom. The van der Waals surface area contributed by atoms with Crippen LogP contribution in [0.4, 0.5) is 5.69 Å². The summed E-state index contributed by atoms with van der Waals surface area (Å²) in [6.07, 6.45) is -0.0168. The SMILES string of the molecule is CC(C)Oc1cccc(N2C(=O)C(c3ccc(Cl)cc3)=C(N3CCOCC3)C2=O)c1. The van der Waals surface area contributed by atoms with Crippen molar-refractivity contribution in [2.75, 3.05) is 31.2 Å². The second-order valence-electron chi connectivity index (χ2n) is 7.44. The zero-order valence-corrected chi connectivity index (χ0v) is 17.7. The molecule has 4 rings (SSSR count). The summed E-state index contributed by atoms with van der Waals surface area (Å²) < 4.78 is 11.2. The maximum atomic E-state index is 13.5. The molecule has 2 aromatic rings. The number of carbonyl (C=O) groups is 2. The highest BCUT2D eigenvalue weighted by atomic mass is 35.5. The van der Waals surface area contributed by atoms with Crippen LogP contribution in [0.3, 0.4) is 0 Å². The highest BCUT2D eigenvalue weighted by molar-refractivity contribution is 6.45. The summed E-state index contributed by atoms with van der Waals surface area (Å²) in [6, 6.07) is 14.0. The van der Waals surface area contributed by atoms with Gasteiger partial charge in [-0.1, -0.05) is 29.8 Å². The van der Waals surface area contributed by atoms with Gasteiger partial charge in [0.25, 0.3) is 11.8 Å². The monoisotopic (exact) mass is 426 g/mol. The fraction of sp³-hybridized carbons (Fsp3) is 0.304. The molecule has 0 aromatic heterocycles. The van der Waals surface area contributed by atoms with Gasteiger partial charge >= 0.3 is 0 Å². The molecule has 2 aromatic carbocycles. The Morgan fingerprint density at radius 2 is 1.70 bits per heavy atom. The number of rotatable bonds is 5. The molecule has 0 N–H and O–H groups in total. The number of benzene rings is 2. The Labute approximate surface area is 180 Å². The van der Waals surface area contributed by atoms with Crippen LogP contribution in [0.1, 0.15) is 19.4 Å². The van der Waals surface area contributed by atoms with E-state index in [0.717, 1.165) is 0 Å². The third-order valence-electron chi connectivity index (χ3n) is 4.97. The summed E-state index contributed by atoms with van der Waals surface area (Å²) in [5, 5.41) is 0.569. The number of halogens is 1. The molecule has 0 atom stereocenters. The van der Waals surface area contributed by atoms with Crippen LogP contribution in [0.15, 0.2) is 54.2 Å². The lowest BCUT2D eigenvalue weighted by atomic mass is 10.0. The average Bonchev–Trinajstić information content (AvgIpc) is 2.99. The number of carbonyl (C=O) groups excluding carboxylic acids is 2. The molecule has 0 unspecified atom stereocenters. The number of imide groups is 1. The third kappa shape index (κ3) is 3.93. The van der Waals surface area contributed by atoms with E-state index in [0.29, 0.717) is 59.6 Å². The molecule has 1 saturated heterocycles. The van der Waals surface area contributed by atoms with Gasteiger partial charge in [0.2, 0.25) is 0 Å². The lowest BCUT2D eigenvalue weighted by Gasteiger charge is -2.29. The van der Waals surface area contributed by atoms with E-state index in [1.807, 2.05) is 24.8 Å². The van der Waals surface area contributed by atoms with Gasteiger partial charge in [-0.3, -0.25) is 9.59 Å². The molecule has 0 spiro atoms. The number of morpholine rings is 1. The largest absolute Gasteiger partial charge is 0.491 e. The maximum absolute atomic E-state index is 13.5. The Balaban J connectivity index is 1.77. The number of ether oxygens (including phenoxy) is 2. The molecule has 156 valence electrons. The van der Waals surface area contributed by atoms with E-state index in [1.54, 1.807) is 42.5 Å². The van der Waals surface area contributed by atoms with Crippen LogP contribution in [0, 0.1) is 0 Å². The summed E-state index contributed by atoms with van der Waals surface area (Å²) in [6.45, 7) is 5.98. The smallest absolute Gasteiger partial charge is 0.282 e. The zero-order valence-electron chi connectivity index (χ0n) is 16.9. The summed E-state index contributed by atoms with van der Waals surface area (Å²) in [7, 11) is 0. The van der Waals surface area contributed by atoms with Gasteiger partial charge < -0.3 is 14.4 Å². The topological polar surface area (TPSA) is 59.1 Å². The molecular formula is C23H23ClN2O4. The fourth-order valence-electron chi connectivity index (χ4n) is 3.68. The van der Waals surface area contributed by atoms with Gasteiger partial charge in [0, 0.05) is 24.2 Å². The first-order valence-corrected chi connectivity index (χ1v) is 10.3. The van der Waals surface area contributed by atoms with Crippen LogP contribution in [0.2, 0.25) is 5.02 Å². The van der Waals surface area contributed by atoms with Crippen molar-refractivity contribution in [1.82, 2.24) is 4.90 Å². The molecule has 30 heavy (non-hydrogen) atoms. The quantitative estimate of drug-likeness (QED) is 0.681. The predicted octanol–water partition coefficient (Wildman–Crippen LogP) is 3.74. The molecule has 2 amide bonds. The van der Waals surface area contributed by atoms with E-state index in [4.69, 9.17) is 21.1 Å². The van der Waals surface area contributed by atoms with E-state index in [-0.39, 0.29) is 17.9 Å². The third-order valence-corrected chi connectivity index (χ3v) is 5.22. The first-order valence-electron chi connectivity index (χ1n) is 9.94. The molecule has 2 heterocycles. The molecule has 0 bridgehead atoms. The summed E-state index contributed by atoms with van der Waals surface area (Å²) in [4.78, 5) is 30.2. The van der Waals surface area contributed by atoms with Gasteiger partial charge in [0.05, 0.1) is 30.6 Å². The van der Waals surface area contributed by atoms with Crippen molar-refractivity contribution < 1.29 is 19.1 Å². The standard InChI is InChI=1S/C23H23ClN2O4/c1-15(2)30-19-5-3-4-18(14-19)26-22(27)20(16-6-8-17(24)9-7-16)21(23(26)28)25-10-12-29-13-11-25/h3-9,14-15H,10-13H2,1-2H3. The Kier molecular flexibility index (Phi) is 5.79. The minimum Gasteiger partial charge on any atom is -0.491 e. The van der Waals surface area contributed by atoms with Crippen molar-refractivity contribution in [1.29, 1.82) is 0 Å². The van der Waals surface area contributed by atoms with E-state index in [1.165, 1.54) is 4.90 Å². The number of nitrogens with zero attached hydrogens (tertiary/aromatic N) is 2. The second-order valence-corrected chi connectivity index (χ2v) is 7.88. The van der Waals surface area contributed by atoms with Crippen molar-refractivity contribution in [3.8, 4) is 5.75 Å². The van der Waals surface area contributed by atoms with Crippen molar-refractivity contribution in [2.45, 2.75) is 20.0 Å². The fourth-order valence-corrected chi connectivity index (χ4v) is 3.80. The molecule has 7 heteroatoms. The van der Waals surface area contributed by atoms with Gasteiger partial charge in [-0.05, 0) is 43.7 Å². The average molecular weight is 427 g/mol. The minimum atomic E-state index is -0.356. The van der Waals surface area contributed by atoms with Crippen molar-refractivity contribution in [3.05, 3.63) is 64.8 Å². The maximum Gasteiger partial charge on any atom is 0.282 e. The molecule has 2 aliphatic rings. The van der Waals surface area contributed by atoms with Crippen LogP contribution in [0.5, 0.6) is 5.75 Å². The van der Waals surface area contributed by atoms with Crippen molar-refractivity contribution in [2.24, 2.45) is 0 Å². The number of amides is 2. The first kappa shape index (κ1) is 20.4. The van der Waals surface area contributed by atoms with Gasteiger partial charge in [-0.2, -0.15) is 0 Å². The molecular weight excluding hydrogens is 404 g/mol. The molecule has 0 aliphatic carbocycles. The normalized spacial score (nSPS) is 17.3. The number of hydrogen-bond donors (Lipinski definition) is 0. The van der Waals surface area contributed by atoms with Gasteiger partial charge in [-0.15, -0.1) is 0 Å². The first-order chi connectivity index (χ1) is 14.5. The Hall–Kier alpha value is -2.83. The van der Waals surface area contributed by atoms with E-state index in [9.17, 15) is 9.59 Å². The Morgan fingerprint density at radius 3 is 2.37 bits per heavy atom. The van der Waals surface area contributed by atoms with Gasteiger partial charge in [0.15, 0.2) is 0 Å². The molecule has 6 nitrogen and oxygen atoms in total. The molecule has 1 fully saturated rings. The van der Waals surface area contributed by atoms with Crippen LogP contribution in [0.25, 0.3) is 5.57 Å². The summed E-state index contributed by atoms with van der Waals surface area (Å²) in [5.74, 6) is -0.0879. The second kappa shape index (κ2) is 8.50. The number of anilines is 1. The van der Waals surface area contributed by atoms with E-state index in [2.05, 4.69) is 0 Å². The predicted molar refractivity (Wildman–Crippen MR) is 115 cm³/mol. The van der Waals surface area contributed by atoms with E-state index >= 15 is 0 Å². The van der Waals surface area contributed by atoms with Crippen LogP contribution in [-0.2, 0) is 14.3 Å². The lowest BCUT2D eigenvalue weighted by molar-refractivity contribution is -0.121. The highest BCUT2D eigenvalue weighted by Gasteiger charge is 2.42. The van der Waals surface area contributed by atoms with Crippen molar-refractivity contribution in [3.63, 3.8) is 0 Å². The molecule has 2 aliphatic heterocycles. The van der Waals surface area contributed by atoms with Crippen LogP contribution in [-0.4, -0.2) is 49.1 Å². The number of hydrogen-bond acceptors (Lipinski definition) is 5. The minimum absolute atomic E-state index is 0.0168. The summed E-state index contributed by atoms with van der Waals surface area (Å²) in [5.41, 5.74) is 1.93. The Bertz CT molecular complexity index is 995. The van der Waals surface area contributed by atoms with Gasteiger partial charge in [-0.25, -0.2) is 4.90 Å². The zero-order chi connectivity index (χ0) is 21.3. The van der Waals surface area contributed by atoms with Crippen LogP contribution < -0.4 is 9.64 Å². The van der Waals surface area contributed by atoms with Gasteiger partial charge in [0.1, 0.15) is 11.4 Å².